The number of aromatic nitrogens is 2. The first-order valence-electron chi connectivity index (χ1n) is 6.07. The van der Waals surface area contributed by atoms with Crippen molar-refractivity contribution in [3.8, 4) is 0 Å². The summed E-state index contributed by atoms with van der Waals surface area (Å²) < 4.78 is 0. The maximum atomic E-state index is 12.1. The van der Waals surface area contributed by atoms with Gasteiger partial charge in [-0.1, -0.05) is 37.5 Å². The molecule has 1 heterocycles. The van der Waals surface area contributed by atoms with E-state index in [2.05, 4.69) is 15.5 Å². The second-order valence-corrected chi connectivity index (χ2v) is 5.59. The summed E-state index contributed by atoms with van der Waals surface area (Å²) in [6.07, 6.45) is 5.59. The maximum Gasteiger partial charge on any atom is 0.246 e. The van der Waals surface area contributed by atoms with Crippen molar-refractivity contribution in [2.45, 2.75) is 51.0 Å². The number of rotatable bonds is 3. The van der Waals surface area contributed by atoms with E-state index in [0.717, 1.165) is 37.1 Å². The molecule has 0 radical (unpaired) electrons. The molecule has 18 heavy (non-hydrogen) atoms. The van der Waals surface area contributed by atoms with Gasteiger partial charge in [0.15, 0.2) is 0 Å². The van der Waals surface area contributed by atoms with E-state index in [0.29, 0.717) is 5.13 Å². The average Bonchev–Trinajstić information content (AvgIpc) is 2.78. The minimum atomic E-state index is -0.712. The van der Waals surface area contributed by atoms with Crippen molar-refractivity contribution >= 4 is 34.8 Å². The summed E-state index contributed by atoms with van der Waals surface area (Å²) in [5.74, 6) is -0.115. The minimum absolute atomic E-state index is 0. The van der Waals surface area contributed by atoms with E-state index in [-0.39, 0.29) is 18.3 Å². The molecule has 1 amide bonds. The van der Waals surface area contributed by atoms with Gasteiger partial charge in [-0.3, -0.25) is 10.1 Å². The lowest BCUT2D eigenvalue weighted by atomic mass is 9.82. The minimum Gasteiger partial charge on any atom is -0.317 e. The van der Waals surface area contributed by atoms with Crippen LogP contribution in [0, 0.1) is 0 Å². The summed E-state index contributed by atoms with van der Waals surface area (Å²) in [6, 6.07) is 0. The number of hydrogen-bond acceptors (Lipinski definition) is 5. The molecular weight excluding hydrogens is 272 g/mol. The fraction of sp³-hybridized carbons (Fsp3) is 0.727. The zero-order valence-corrected chi connectivity index (χ0v) is 12.1. The lowest BCUT2D eigenvalue weighted by Crippen LogP contribution is -2.52. The Kier molecular flexibility index (Phi) is 5.49. The Bertz CT molecular complexity index is 404. The maximum absolute atomic E-state index is 12.1. The zero-order valence-electron chi connectivity index (χ0n) is 10.4. The normalized spacial score (nSPS) is 17.9. The highest BCUT2D eigenvalue weighted by atomic mass is 35.5. The van der Waals surface area contributed by atoms with Crippen LogP contribution >= 0.6 is 23.7 Å². The third kappa shape index (κ3) is 3.40. The predicted octanol–water partition coefficient (Wildman–Crippen LogP) is 2.12. The summed E-state index contributed by atoms with van der Waals surface area (Å²) in [4.78, 5) is 12.1. The Hall–Kier alpha value is -0.720. The van der Waals surface area contributed by atoms with Gasteiger partial charge < -0.3 is 5.73 Å². The summed E-state index contributed by atoms with van der Waals surface area (Å²) >= 11 is 1.41. The third-order valence-electron chi connectivity index (χ3n) is 3.19. The molecule has 0 aromatic carbocycles. The summed E-state index contributed by atoms with van der Waals surface area (Å²) in [5, 5.41) is 12.2. The largest absolute Gasteiger partial charge is 0.317 e. The molecule has 5 nitrogen and oxygen atoms in total. The topological polar surface area (TPSA) is 80.9 Å². The van der Waals surface area contributed by atoms with Gasteiger partial charge in [0.2, 0.25) is 11.0 Å². The number of aryl methyl sites for hydroxylation is 1. The first-order chi connectivity index (χ1) is 8.14. The van der Waals surface area contributed by atoms with Gasteiger partial charge in [-0.15, -0.1) is 22.6 Å². The molecule has 7 heteroatoms. The molecule has 0 spiro atoms. The number of hydrogen-bond donors (Lipinski definition) is 2. The summed E-state index contributed by atoms with van der Waals surface area (Å²) in [6.45, 7) is 2.01. The van der Waals surface area contributed by atoms with Crippen LogP contribution in [0.1, 0.15) is 44.0 Å². The van der Waals surface area contributed by atoms with E-state index in [4.69, 9.17) is 5.73 Å². The molecular formula is C11H19ClN4OS. The van der Waals surface area contributed by atoms with Crippen LogP contribution in [-0.2, 0) is 11.2 Å². The second kappa shape index (κ2) is 6.45. The number of carbonyl (C=O) groups excluding carboxylic acids is 1. The van der Waals surface area contributed by atoms with E-state index in [1.54, 1.807) is 0 Å². The van der Waals surface area contributed by atoms with Crippen LogP contribution in [0.2, 0.25) is 0 Å². The monoisotopic (exact) mass is 290 g/mol. The fourth-order valence-electron chi connectivity index (χ4n) is 2.08. The van der Waals surface area contributed by atoms with E-state index in [1.807, 2.05) is 6.92 Å². The first-order valence-corrected chi connectivity index (χ1v) is 6.88. The van der Waals surface area contributed by atoms with Gasteiger partial charge in [-0.25, -0.2) is 0 Å². The van der Waals surface area contributed by atoms with Gasteiger partial charge in [-0.2, -0.15) is 0 Å². The number of amides is 1. The number of nitrogens with two attached hydrogens (primary N) is 1. The van der Waals surface area contributed by atoms with E-state index < -0.39 is 5.54 Å². The van der Waals surface area contributed by atoms with Crippen molar-refractivity contribution in [1.82, 2.24) is 10.2 Å². The highest BCUT2D eigenvalue weighted by Gasteiger charge is 2.35. The number of carbonyl (C=O) groups is 1. The van der Waals surface area contributed by atoms with Crippen molar-refractivity contribution in [2.75, 3.05) is 5.32 Å². The second-order valence-electron chi connectivity index (χ2n) is 4.53. The Balaban J connectivity index is 0.00000162. The quantitative estimate of drug-likeness (QED) is 0.893. The molecule has 0 atom stereocenters. The van der Waals surface area contributed by atoms with E-state index >= 15 is 0 Å². The van der Waals surface area contributed by atoms with Crippen LogP contribution in [0.5, 0.6) is 0 Å². The smallest absolute Gasteiger partial charge is 0.246 e. The average molecular weight is 291 g/mol. The van der Waals surface area contributed by atoms with Crippen LogP contribution < -0.4 is 11.1 Å². The lowest BCUT2D eigenvalue weighted by Gasteiger charge is -2.31. The van der Waals surface area contributed by atoms with Crippen molar-refractivity contribution in [1.29, 1.82) is 0 Å². The van der Waals surface area contributed by atoms with Gasteiger partial charge in [0, 0.05) is 0 Å². The third-order valence-corrected chi connectivity index (χ3v) is 4.17. The molecule has 1 aromatic heterocycles. The van der Waals surface area contributed by atoms with Crippen LogP contribution in [0.4, 0.5) is 5.13 Å². The van der Waals surface area contributed by atoms with Crippen LogP contribution in [0.3, 0.4) is 0 Å². The van der Waals surface area contributed by atoms with Crippen LogP contribution in [0.25, 0.3) is 0 Å². The standard InChI is InChI=1S/C11H18N4OS.ClH/c1-2-8-14-15-10(17-8)13-9(16)11(12)6-4-3-5-7-11;/h2-7,12H2,1H3,(H,13,15,16);1H. The zero-order chi connectivity index (χ0) is 12.3. The van der Waals surface area contributed by atoms with Gasteiger partial charge >= 0.3 is 0 Å². The number of nitrogens with zero attached hydrogens (tertiary/aromatic N) is 2. The molecule has 0 unspecified atom stereocenters. The fourth-order valence-corrected chi connectivity index (χ4v) is 2.75. The molecule has 1 fully saturated rings. The van der Waals surface area contributed by atoms with E-state index in [9.17, 15) is 4.79 Å². The highest BCUT2D eigenvalue weighted by Crippen LogP contribution is 2.27. The number of halogens is 1. The van der Waals surface area contributed by atoms with Gasteiger partial charge in [0.25, 0.3) is 0 Å². The Morgan fingerprint density at radius 1 is 1.39 bits per heavy atom. The SMILES string of the molecule is CCc1nnc(NC(=O)C2(N)CCCCC2)s1.Cl. The molecule has 102 valence electrons. The van der Waals surface area contributed by atoms with Crippen molar-refractivity contribution in [2.24, 2.45) is 5.73 Å². The number of anilines is 1. The molecule has 0 bridgehead atoms. The highest BCUT2D eigenvalue weighted by molar-refractivity contribution is 7.15. The molecule has 3 N–H and O–H groups in total. The molecule has 1 aliphatic rings. The summed E-state index contributed by atoms with van der Waals surface area (Å²) in [7, 11) is 0. The molecule has 1 saturated carbocycles. The lowest BCUT2D eigenvalue weighted by molar-refractivity contribution is -0.122. The molecule has 0 saturated heterocycles. The molecule has 0 aliphatic heterocycles. The molecule has 1 aliphatic carbocycles. The van der Waals surface area contributed by atoms with Crippen LogP contribution in [-0.4, -0.2) is 21.6 Å². The molecule has 2 rings (SSSR count). The van der Waals surface area contributed by atoms with Gasteiger partial charge in [-0.05, 0) is 19.3 Å². The Morgan fingerprint density at radius 2 is 2.06 bits per heavy atom. The van der Waals surface area contributed by atoms with Crippen LogP contribution in [0.15, 0.2) is 0 Å². The Morgan fingerprint density at radius 3 is 2.61 bits per heavy atom. The molecule has 1 aromatic rings. The first kappa shape index (κ1) is 15.3. The van der Waals surface area contributed by atoms with Gasteiger partial charge in [0.1, 0.15) is 5.01 Å². The Labute approximate surface area is 117 Å². The van der Waals surface area contributed by atoms with Gasteiger partial charge in [0.05, 0.1) is 5.54 Å². The summed E-state index contributed by atoms with van der Waals surface area (Å²) in [5.41, 5.74) is 5.42. The van der Waals surface area contributed by atoms with Crippen molar-refractivity contribution in [3.05, 3.63) is 5.01 Å². The number of nitrogens with one attached hydrogen (secondary N) is 1. The van der Waals surface area contributed by atoms with Crippen molar-refractivity contribution < 1.29 is 4.79 Å². The van der Waals surface area contributed by atoms with Crippen molar-refractivity contribution in [3.63, 3.8) is 0 Å². The van der Waals surface area contributed by atoms with E-state index in [1.165, 1.54) is 17.8 Å². The predicted molar refractivity (Wildman–Crippen MR) is 75.2 cm³/mol.